The molecule has 2 aliphatic rings. The van der Waals surface area contributed by atoms with Crippen molar-refractivity contribution in [1.29, 1.82) is 21.2 Å². The standard InChI is InChI=1S/C39H37N7O6/c1-44-31(23-42)35(25-13-17-27(18-14-25)37(47)50-4)29(21-40)9-6-7-11-33-39(49)52-34(46(33)3)12-8-10-30(22-41)36(32(24-43)45-2)26-15-19-28(20-16-26)38(48)51-5/h6-12,25-28,41H,13-20H2,3-5H3/b7-6+,10-8+,29-9+,33-11+,34-12-,35-31-,36-32+. The minimum Gasteiger partial charge on any atom is -0.469 e. The molecule has 2 aliphatic carbocycles. The SMILES string of the molecule is [C-]#[N+]\C(C#N)=C(/C(C#N)=C/C=C/C=c1\c(=O)o/c(=C\C=C\C(=C=N)/C(=C(\C#N)[N+]#[C-])C2CCC(C(=O)OC)CC2)n1C)C1CCC(C(=O)OC)CC1. The molecule has 1 heterocycles. The minimum absolute atomic E-state index is 0.134. The summed E-state index contributed by atoms with van der Waals surface area (Å²) < 4.78 is 16.6. The number of oxazole rings is 1. The Morgan fingerprint density at radius 1 is 0.808 bits per heavy atom. The number of hydrogen-bond donors (Lipinski definition) is 1. The summed E-state index contributed by atoms with van der Waals surface area (Å²) in [6.45, 7) is 15.0. The fourth-order valence-electron chi connectivity index (χ4n) is 6.65. The van der Waals surface area contributed by atoms with Crippen LogP contribution >= 0.6 is 0 Å². The van der Waals surface area contributed by atoms with Crippen LogP contribution in [-0.4, -0.2) is 36.6 Å². The Kier molecular flexibility index (Phi) is 14.9. The Hall–Kier alpha value is -6.71. The largest absolute Gasteiger partial charge is 0.469 e. The van der Waals surface area contributed by atoms with Gasteiger partial charge in [0.05, 0.1) is 57.4 Å². The van der Waals surface area contributed by atoms with Crippen molar-refractivity contribution in [3.8, 4) is 18.2 Å². The molecule has 1 N–H and O–H groups in total. The lowest BCUT2D eigenvalue weighted by molar-refractivity contribution is -0.147. The molecule has 0 unspecified atom stereocenters. The maximum atomic E-state index is 12.7. The van der Waals surface area contributed by atoms with E-state index in [1.165, 1.54) is 61.3 Å². The number of aromatic nitrogens is 1. The molecule has 0 aliphatic heterocycles. The van der Waals surface area contributed by atoms with Gasteiger partial charge in [0, 0.05) is 18.2 Å². The summed E-state index contributed by atoms with van der Waals surface area (Å²) in [6, 6.07) is 5.90. The van der Waals surface area contributed by atoms with Gasteiger partial charge in [0.15, 0.2) is 0 Å². The number of nitriles is 3. The molecule has 0 spiro atoms. The van der Waals surface area contributed by atoms with Gasteiger partial charge in [-0.2, -0.15) is 5.26 Å². The first kappa shape index (κ1) is 39.7. The highest BCUT2D eigenvalue weighted by molar-refractivity contribution is 5.73. The van der Waals surface area contributed by atoms with E-state index in [9.17, 15) is 30.2 Å². The number of rotatable bonds is 10. The van der Waals surface area contributed by atoms with Crippen molar-refractivity contribution in [2.45, 2.75) is 51.4 Å². The zero-order chi connectivity index (χ0) is 38.2. The van der Waals surface area contributed by atoms with Crippen LogP contribution in [0.25, 0.3) is 21.8 Å². The summed E-state index contributed by atoms with van der Waals surface area (Å²) in [5.74, 6) is 0.704. The number of allylic oxidation sites excluding steroid dienone is 11. The number of nitrogens with one attached hydrogen (secondary N) is 1. The summed E-state index contributed by atoms with van der Waals surface area (Å²) >= 11 is 0. The van der Waals surface area contributed by atoms with Gasteiger partial charge in [-0.1, -0.05) is 18.2 Å². The van der Waals surface area contributed by atoms with Crippen LogP contribution in [0.15, 0.2) is 73.3 Å². The maximum absolute atomic E-state index is 12.7. The molecule has 52 heavy (non-hydrogen) atoms. The molecule has 0 radical (unpaired) electrons. The predicted molar refractivity (Wildman–Crippen MR) is 189 cm³/mol. The highest BCUT2D eigenvalue weighted by Crippen LogP contribution is 2.39. The molecule has 13 heteroatoms. The number of esters is 2. The lowest BCUT2D eigenvalue weighted by Gasteiger charge is -2.29. The van der Waals surface area contributed by atoms with Gasteiger partial charge in [-0.05, 0) is 105 Å². The van der Waals surface area contributed by atoms with Gasteiger partial charge in [-0.3, -0.25) is 15.0 Å². The van der Waals surface area contributed by atoms with E-state index >= 15 is 0 Å². The molecule has 264 valence electrons. The van der Waals surface area contributed by atoms with E-state index in [2.05, 4.69) is 21.6 Å². The van der Waals surface area contributed by atoms with Gasteiger partial charge in [0.2, 0.25) is 5.55 Å². The molecule has 0 amide bonds. The first-order valence-electron chi connectivity index (χ1n) is 16.4. The molecule has 3 rings (SSSR count). The maximum Gasteiger partial charge on any atom is 0.361 e. The highest BCUT2D eigenvalue weighted by atomic mass is 16.5. The van der Waals surface area contributed by atoms with Crippen molar-refractivity contribution >= 4 is 30.0 Å². The third-order valence-corrected chi connectivity index (χ3v) is 9.35. The minimum atomic E-state index is -0.649. The molecule has 0 saturated heterocycles. The first-order chi connectivity index (χ1) is 25.1. The average molecular weight is 700 g/mol. The second-order valence-electron chi connectivity index (χ2n) is 12.1. The van der Waals surface area contributed by atoms with Crippen molar-refractivity contribution in [2.75, 3.05) is 14.2 Å². The van der Waals surface area contributed by atoms with E-state index in [0.717, 1.165) is 0 Å². The topological polar surface area (TPSA) is 192 Å². The lowest BCUT2D eigenvalue weighted by Crippen LogP contribution is -2.29. The predicted octanol–water partition coefficient (Wildman–Crippen LogP) is 4.63. The normalized spacial score (nSPS) is 22.1. The molecule has 1 aromatic rings. The van der Waals surface area contributed by atoms with Crippen LogP contribution in [0, 0.1) is 76.2 Å². The van der Waals surface area contributed by atoms with Crippen LogP contribution in [0.4, 0.5) is 0 Å². The van der Waals surface area contributed by atoms with E-state index in [-0.39, 0.29) is 69.0 Å². The van der Waals surface area contributed by atoms with Crippen molar-refractivity contribution in [3.05, 3.63) is 108 Å². The molecule has 2 saturated carbocycles. The fraction of sp³-hybridized carbons (Fsp3) is 0.385. The quantitative estimate of drug-likeness (QED) is 0.119. The molecule has 0 atom stereocenters. The molecule has 2 fully saturated rings. The second kappa shape index (κ2) is 19.5. The Morgan fingerprint density at radius 2 is 1.31 bits per heavy atom. The second-order valence-corrected chi connectivity index (χ2v) is 12.1. The summed E-state index contributed by atoms with van der Waals surface area (Å²) in [5.41, 5.74) is 0.238. The lowest BCUT2D eigenvalue weighted by atomic mass is 9.76. The zero-order valence-corrected chi connectivity index (χ0v) is 29.1. The van der Waals surface area contributed by atoms with Crippen molar-refractivity contribution in [3.63, 3.8) is 0 Å². The Bertz CT molecular complexity index is 2140. The molecule has 0 bridgehead atoms. The monoisotopic (exact) mass is 699 g/mol. The first-order valence-corrected chi connectivity index (χ1v) is 16.4. The van der Waals surface area contributed by atoms with Gasteiger partial charge in [-0.25, -0.2) is 25.0 Å². The smallest absolute Gasteiger partial charge is 0.361 e. The Labute approximate surface area is 301 Å². The fourth-order valence-corrected chi connectivity index (χ4v) is 6.65. The van der Waals surface area contributed by atoms with Crippen LogP contribution in [-0.2, 0) is 26.1 Å². The number of carbonyl (C=O) groups excluding carboxylic acids is 2. The van der Waals surface area contributed by atoms with Crippen LogP contribution in [0.3, 0.4) is 0 Å². The molecular formula is C39H37N7O6. The zero-order valence-electron chi connectivity index (χ0n) is 29.1. The van der Waals surface area contributed by atoms with E-state index in [1.807, 2.05) is 12.1 Å². The average Bonchev–Trinajstić information content (AvgIpc) is 3.45. The van der Waals surface area contributed by atoms with Gasteiger partial charge in [0.25, 0.3) is 11.4 Å². The molecular weight excluding hydrogens is 662 g/mol. The van der Waals surface area contributed by atoms with Crippen molar-refractivity contribution < 1.29 is 23.5 Å². The third kappa shape index (κ3) is 9.50. The number of ether oxygens (including phenoxy) is 2. The summed E-state index contributed by atoms with van der Waals surface area (Å²) in [6.07, 6.45) is 14.6. The number of carbonyl (C=O) groups is 2. The van der Waals surface area contributed by atoms with E-state index in [1.54, 1.807) is 7.05 Å². The number of hydrogen-bond acceptors (Lipinski definition) is 10. The number of methoxy groups -OCH3 is 2. The van der Waals surface area contributed by atoms with Crippen LogP contribution in [0.2, 0.25) is 0 Å². The van der Waals surface area contributed by atoms with E-state index < -0.39 is 5.63 Å². The molecule has 1 aromatic heterocycles. The van der Waals surface area contributed by atoms with E-state index in [0.29, 0.717) is 62.5 Å². The third-order valence-electron chi connectivity index (χ3n) is 9.35. The van der Waals surface area contributed by atoms with Crippen molar-refractivity contribution in [2.24, 2.45) is 30.7 Å². The van der Waals surface area contributed by atoms with Crippen LogP contribution < -0.4 is 16.5 Å². The Balaban J connectivity index is 1.89. The van der Waals surface area contributed by atoms with Gasteiger partial charge >= 0.3 is 17.6 Å². The van der Waals surface area contributed by atoms with Crippen molar-refractivity contribution in [1.82, 2.24) is 4.57 Å². The highest BCUT2D eigenvalue weighted by Gasteiger charge is 2.32. The van der Waals surface area contributed by atoms with E-state index in [4.69, 9.17) is 32.4 Å². The summed E-state index contributed by atoms with van der Waals surface area (Å²) in [4.78, 5) is 43.4. The Morgan fingerprint density at radius 3 is 1.77 bits per heavy atom. The van der Waals surface area contributed by atoms with Gasteiger partial charge in [0.1, 0.15) is 5.35 Å². The summed E-state index contributed by atoms with van der Waals surface area (Å²) in [5, 5.41) is 37.4. The van der Waals surface area contributed by atoms with Gasteiger partial charge in [-0.15, -0.1) is 0 Å². The summed E-state index contributed by atoms with van der Waals surface area (Å²) in [7, 11) is 4.27. The molecule has 13 nitrogen and oxygen atoms in total. The van der Waals surface area contributed by atoms with Crippen LogP contribution in [0.1, 0.15) is 51.4 Å². The molecule has 0 aromatic carbocycles. The van der Waals surface area contributed by atoms with Gasteiger partial charge < -0.3 is 18.5 Å². The van der Waals surface area contributed by atoms with Crippen LogP contribution in [0.5, 0.6) is 0 Å². The number of nitrogens with zero attached hydrogens (tertiary/aromatic N) is 6.